The van der Waals surface area contributed by atoms with Gasteiger partial charge in [-0.15, -0.1) is 0 Å². The minimum atomic E-state index is -0.0444. The molecule has 0 unspecified atom stereocenters. The fraction of sp³-hybridized carbons (Fsp3) is 0.368. The summed E-state index contributed by atoms with van der Waals surface area (Å²) in [5.74, 6) is 0.737. The van der Waals surface area contributed by atoms with Crippen molar-refractivity contribution in [3.05, 3.63) is 53.9 Å². The molecule has 2 amide bonds. The molecule has 6 heteroatoms. The van der Waals surface area contributed by atoms with Gasteiger partial charge in [-0.05, 0) is 31.2 Å². The third kappa shape index (κ3) is 4.62. The molecular weight excluding hydrogens is 318 g/mol. The molecule has 1 aromatic heterocycles. The summed E-state index contributed by atoms with van der Waals surface area (Å²) in [5, 5.41) is 0. The SMILES string of the molecule is Cc1ccc(OCC(=O)N2CCN(C(=O)Cc3ccc[nH]3)CC2)cc1. The summed E-state index contributed by atoms with van der Waals surface area (Å²) >= 11 is 0. The molecule has 0 radical (unpaired) electrons. The van der Waals surface area contributed by atoms with E-state index in [1.54, 1.807) is 4.90 Å². The molecule has 1 aliphatic rings. The largest absolute Gasteiger partial charge is 0.484 e. The monoisotopic (exact) mass is 341 g/mol. The van der Waals surface area contributed by atoms with E-state index in [1.807, 2.05) is 54.4 Å². The Balaban J connectivity index is 1.42. The lowest BCUT2D eigenvalue weighted by atomic mass is 10.2. The van der Waals surface area contributed by atoms with Crippen LogP contribution in [-0.2, 0) is 16.0 Å². The molecule has 1 fully saturated rings. The highest BCUT2D eigenvalue weighted by Gasteiger charge is 2.24. The van der Waals surface area contributed by atoms with Gasteiger partial charge in [0.05, 0.1) is 6.42 Å². The zero-order valence-electron chi connectivity index (χ0n) is 14.4. The van der Waals surface area contributed by atoms with Crippen molar-refractivity contribution in [3.8, 4) is 5.75 Å². The van der Waals surface area contributed by atoms with Gasteiger partial charge in [-0.2, -0.15) is 0 Å². The Hall–Kier alpha value is -2.76. The Bertz CT molecular complexity index is 702. The number of piperazine rings is 1. The fourth-order valence-corrected chi connectivity index (χ4v) is 2.83. The van der Waals surface area contributed by atoms with Gasteiger partial charge >= 0.3 is 0 Å². The summed E-state index contributed by atoms with van der Waals surface area (Å²) < 4.78 is 5.54. The number of rotatable bonds is 5. The Labute approximate surface area is 147 Å². The van der Waals surface area contributed by atoms with Crippen molar-refractivity contribution in [1.82, 2.24) is 14.8 Å². The van der Waals surface area contributed by atoms with Crippen LogP contribution in [0.25, 0.3) is 0 Å². The van der Waals surface area contributed by atoms with Crippen LogP contribution in [0, 0.1) is 6.92 Å². The molecule has 0 aliphatic carbocycles. The second-order valence-corrected chi connectivity index (χ2v) is 6.24. The molecule has 0 atom stereocenters. The van der Waals surface area contributed by atoms with E-state index in [1.165, 1.54) is 0 Å². The van der Waals surface area contributed by atoms with Gasteiger partial charge in [-0.1, -0.05) is 17.7 Å². The predicted molar refractivity (Wildman–Crippen MR) is 94.3 cm³/mol. The van der Waals surface area contributed by atoms with Crippen LogP contribution in [0.5, 0.6) is 5.75 Å². The summed E-state index contributed by atoms with van der Waals surface area (Å²) in [5.41, 5.74) is 2.06. The van der Waals surface area contributed by atoms with Gasteiger partial charge < -0.3 is 19.5 Å². The Morgan fingerprint density at radius 1 is 1.00 bits per heavy atom. The number of amides is 2. The highest BCUT2D eigenvalue weighted by Crippen LogP contribution is 2.12. The molecule has 1 N–H and O–H groups in total. The first-order valence-electron chi connectivity index (χ1n) is 8.49. The minimum absolute atomic E-state index is 0.0273. The maximum absolute atomic E-state index is 12.3. The lowest BCUT2D eigenvalue weighted by molar-refractivity contribution is -0.140. The van der Waals surface area contributed by atoms with Gasteiger partial charge in [0.25, 0.3) is 5.91 Å². The van der Waals surface area contributed by atoms with Crippen molar-refractivity contribution in [1.29, 1.82) is 0 Å². The minimum Gasteiger partial charge on any atom is -0.484 e. The molecule has 1 aliphatic heterocycles. The molecule has 25 heavy (non-hydrogen) atoms. The van der Waals surface area contributed by atoms with Crippen molar-refractivity contribution in [2.75, 3.05) is 32.8 Å². The van der Waals surface area contributed by atoms with Crippen LogP contribution in [-0.4, -0.2) is 59.4 Å². The van der Waals surface area contributed by atoms with Gasteiger partial charge in [-0.3, -0.25) is 9.59 Å². The number of aromatic amines is 1. The van der Waals surface area contributed by atoms with Crippen molar-refractivity contribution < 1.29 is 14.3 Å². The average Bonchev–Trinajstić information content (AvgIpc) is 3.14. The van der Waals surface area contributed by atoms with Crippen LogP contribution in [0.4, 0.5) is 0 Å². The quantitative estimate of drug-likeness (QED) is 0.899. The summed E-state index contributed by atoms with van der Waals surface area (Å²) in [7, 11) is 0. The summed E-state index contributed by atoms with van der Waals surface area (Å²) in [6, 6.07) is 11.4. The van der Waals surface area contributed by atoms with Gasteiger partial charge in [0.1, 0.15) is 5.75 Å². The second kappa shape index (κ2) is 7.88. The fourth-order valence-electron chi connectivity index (χ4n) is 2.83. The van der Waals surface area contributed by atoms with Crippen LogP contribution < -0.4 is 4.74 Å². The first-order valence-corrected chi connectivity index (χ1v) is 8.49. The van der Waals surface area contributed by atoms with Gasteiger partial charge in [0.2, 0.25) is 5.91 Å². The highest BCUT2D eigenvalue weighted by molar-refractivity contribution is 5.80. The molecule has 0 bridgehead atoms. The maximum atomic E-state index is 12.3. The molecule has 2 heterocycles. The number of carbonyl (C=O) groups is 2. The number of hydrogen-bond donors (Lipinski definition) is 1. The molecule has 132 valence electrons. The number of benzene rings is 1. The topological polar surface area (TPSA) is 65.6 Å². The van der Waals surface area contributed by atoms with E-state index in [2.05, 4.69) is 4.98 Å². The maximum Gasteiger partial charge on any atom is 0.260 e. The smallest absolute Gasteiger partial charge is 0.260 e. The van der Waals surface area contributed by atoms with E-state index in [-0.39, 0.29) is 18.4 Å². The van der Waals surface area contributed by atoms with Gasteiger partial charge in [0.15, 0.2) is 6.61 Å². The second-order valence-electron chi connectivity index (χ2n) is 6.24. The van der Waals surface area contributed by atoms with Crippen molar-refractivity contribution in [2.24, 2.45) is 0 Å². The van der Waals surface area contributed by atoms with Gasteiger partial charge in [-0.25, -0.2) is 0 Å². The van der Waals surface area contributed by atoms with Crippen LogP contribution in [0.15, 0.2) is 42.6 Å². The summed E-state index contributed by atoms with van der Waals surface area (Å²) in [4.78, 5) is 31.1. The van der Waals surface area contributed by atoms with E-state index < -0.39 is 0 Å². The van der Waals surface area contributed by atoms with E-state index in [9.17, 15) is 9.59 Å². The lowest BCUT2D eigenvalue weighted by Gasteiger charge is -2.34. The van der Waals surface area contributed by atoms with E-state index in [4.69, 9.17) is 4.74 Å². The van der Waals surface area contributed by atoms with E-state index >= 15 is 0 Å². The third-order valence-corrected chi connectivity index (χ3v) is 4.37. The normalized spacial score (nSPS) is 14.4. The van der Waals surface area contributed by atoms with E-state index in [0.717, 1.165) is 11.3 Å². The molecule has 1 aromatic carbocycles. The molecule has 2 aromatic rings. The number of hydrogen-bond acceptors (Lipinski definition) is 3. The molecule has 0 spiro atoms. The van der Waals surface area contributed by atoms with Crippen LogP contribution >= 0.6 is 0 Å². The first kappa shape index (κ1) is 17.1. The third-order valence-electron chi connectivity index (χ3n) is 4.37. The molecular formula is C19H23N3O3. The Morgan fingerprint density at radius 2 is 1.64 bits per heavy atom. The predicted octanol–water partition coefficient (Wildman–Crippen LogP) is 1.62. The first-order chi connectivity index (χ1) is 12.1. The molecule has 3 rings (SSSR count). The number of nitrogens with zero attached hydrogens (tertiary/aromatic N) is 2. The van der Waals surface area contributed by atoms with Gasteiger partial charge in [0, 0.05) is 38.1 Å². The average molecular weight is 341 g/mol. The molecule has 0 saturated carbocycles. The van der Waals surface area contributed by atoms with Crippen molar-refractivity contribution in [3.63, 3.8) is 0 Å². The number of nitrogens with one attached hydrogen (secondary N) is 1. The molecule has 1 saturated heterocycles. The number of carbonyl (C=O) groups excluding carboxylic acids is 2. The number of H-pyrrole nitrogens is 1. The van der Waals surface area contributed by atoms with E-state index in [0.29, 0.717) is 38.3 Å². The van der Waals surface area contributed by atoms with Crippen LogP contribution in [0.1, 0.15) is 11.3 Å². The summed E-state index contributed by atoms with van der Waals surface area (Å²) in [6.45, 7) is 4.26. The number of aryl methyl sites for hydroxylation is 1. The summed E-state index contributed by atoms with van der Waals surface area (Å²) in [6.07, 6.45) is 2.19. The van der Waals surface area contributed by atoms with Crippen LogP contribution in [0.3, 0.4) is 0 Å². The zero-order chi connectivity index (χ0) is 17.6. The van der Waals surface area contributed by atoms with Crippen LogP contribution in [0.2, 0.25) is 0 Å². The highest BCUT2D eigenvalue weighted by atomic mass is 16.5. The Morgan fingerprint density at radius 3 is 2.24 bits per heavy atom. The zero-order valence-corrected chi connectivity index (χ0v) is 14.4. The van der Waals surface area contributed by atoms with Crippen molar-refractivity contribution in [2.45, 2.75) is 13.3 Å². The standard InChI is InChI=1S/C19H23N3O3/c1-15-4-6-17(7-5-15)25-14-19(24)22-11-9-21(10-12-22)18(23)13-16-3-2-8-20-16/h2-8,20H,9-14H2,1H3. The number of aromatic nitrogens is 1. The Kier molecular flexibility index (Phi) is 5.38. The molecule has 6 nitrogen and oxygen atoms in total. The number of ether oxygens (including phenoxy) is 1. The lowest BCUT2D eigenvalue weighted by Crippen LogP contribution is -2.52. The van der Waals surface area contributed by atoms with Crippen molar-refractivity contribution >= 4 is 11.8 Å².